The van der Waals surface area contributed by atoms with Gasteiger partial charge in [-0.3, -0.25) is 4.79 Å². The number of carbonyl (C=O) groups is 1. The lowest BCUT2D eigenvalue weighted by atomic mass is 10.2. The average molecular weight is 207 g/mol. The molecular weight excluding hydrogens is 194 g/mol. The van der Waals surface area contributed by atoms with Gasteiger partial charge in [-0.2, -0.15) is 0 Å². The number of nitrogens with two attached hydrogens (primary N) is 1. The van der Waals surface area contributed by atoms with Crippen molar-refractivity contribution in [1.29, 1.82) is 0 Å². The zero-order chi connectivity index (χ0) is 10.7. The summed E-state index contributed by atoms with van der Waals surface area (Å²) in [5.74, 6) is -0.414. The monoisotopic (exact) mass is 207 g/mol. The number of carbonyl (C=O) groups excluding carboxylic acids is 1. The summed E-state index contributed by atoms with van der Waals surface area (Å²) in [4.78, 5) is 10.6. The van der Waals surface area contributed by atoms with Crippen LogP contribution in [0.4, 0.5) is 0 Å². The first kappa shape index (κ1) is 10.1. The molecule has 15 heavy (non-hydrogen) atoms. The normalized spacial score (nSPS) is 23.7. The fourth-order valence-corrected chi connectivity index (χ4v) is 1.39. The predicted octanol–water partition coefficient (Wildman–Crippen LogP) is 0.456. The van der Waals surface area contributed by atoms with Gasteiger partial charge < -0.3 is 15.2 Å². The number of amides is 1. The minimum absolute atomic E-state index is 0.147. The summed E-state index contributed by atoms with van der Waals surface area (Å²) >= 11 is 0. The van der Waals surface area contributed by atoms with Crippen LogP contribution < -0.4 is 5.73 Å². The first-order valence-electron chi connectivity index (χ1n) is 4.84. The van der Waals surface area contributed by atoms with Gasteiger partial charge in [-0.25, -0.2) is 0 Å². The van der Waals surface area contributed by atoms with Gasteiger partial charge in [0.15, 0.2) is 6.10 Å². The first-order valence-corrected chi connectivity index (χ1v) is 4.84. The lowest BCUT2D eigenvalue weighted by Crippen LogP contribution is -2.21. The molecule has 1 saturated heterocycles. The Bertz CT molecular complexity index is 339. The van der Waals surface area contributed by atoms with Crippen LogP contribution in [-0.2, 0) is 20.9 Å². The van der Waals surface area contributed by atoms with Crippen molar-refractivity contribution in [2.75, 3.05) is 6.61 Å². The van der Waals surface area contributed by atoms with E-state index in [0.29, 0.717) is 13.2 Å². The van der Waals surface area contributed by atoms with Crippen molar-refractivity contribution in [3.8, 4) is 0 Å². The van der Waals surface area contributed by atoms with Crippen LogP contribution in [0.2, 0.25) is 0 Å². The molecule has 0 unspecified atom stereocenters. The predicted molar refractivity (Wildman–Crippen MR) is 54.0 cm³/mol. The highest BCUT2D eigenvalue weighted by molar-refractivity contribution is 5.81. The summed E-state index contributed by atoms with van der Waals surface area (Å²) in [6.45, 7) is 0.953. The van der Waals surface area contributed by atoms with E-state index < -0.39 is 12.0 Å². The lowest BCUT2D eigenvalue weighted by molar-refractivity contribution is -0.119. The SMILES string of the molecule is NC(=O)[C@H]1O[C@H]1COCc1ccccc1. The Hall–Kier alpha value is -1.39. The molecule has 2 rings (SSSR count). The quantitative estimate of drug-likeness (QED) is 0.713. The summed E-state index contributed by atoms with van der Waals surface area (Å²) < 4.78 is 10.4. The van der Waals surface area contributed by atoms with Crippen LogP contribution in [0.25, 0.3) is 0 Å². The Morgan fingerprint density at radius 3 is 2.73 bits per heavy atom. The number of epoxide rings is 1. The Kier molecular flexibility index (Phi) is 2.99. The van der Waals surface area contributed by atoms with Gasteiger partial charge in [-0.1, -0.05) is 30.3 Å². The third-order valence-electron chi connectivity index (χ3n) is 2.26. The summed E-state index contributed by atoms with van der Waals surface area (Å²) in [5.41, 5.74) is 6.16. The van der Waals surface area contributed by atoms with Gasteiger partial charge in [-0.15, -0.1) is 0 Å². The molecule has 0 bridgehead atoms. The van der Waals surface area contributed by atoms with Crippen molar-refractivity contribution >= 4 is 5.91 Å². The Balaban J connectivity index is 1.67. The fourth-order valence-electron chi connectivity index (χ4n) is 1.39. The maximum absolute atomic E-state index is 10.6. The topological polar surface area (TPSA) is 64.9 Å². The van der Waals surface area contributed by atoms with E-state index >= 15 is 0 Å². The minimum atomic E-state index is -0.444. The Labute approximate surface area is 88.0 Å². The van der Waals surface area contributed by atoms with E-state index in [1.54, 1.807) is 0 Å². The largest absolute Gasteiger partial charge is 0.374 e. The molecule has 0 aliphatic carbocycles. The fraction of sp³-hybridized carbons (Fsp3) is 0.364. The van der Waals surface area contributed by atoms with E-state index in [1.165, 1.54) is 0 Å². The molecule has 1 aliphatic heterocycles. The van der Waals surface area contributed by atoms with Crippen LogP contribution in [0, 0.1) is 0 Å². The van der Waals surface area contributed by atoms with Crippen molar-refractivity contribution in [2.24, 2.45) is 5.73 Å². The third-order valence-corrected chi connectivity index (χ3v) is 2.26. The standard InChI is InChI=1S/C11H13NO3/c12-11(13)10-9(15-10)7-14-6-8-4-2-1-3-5-8/h1-5,9-10H,6-7H2,(H2,12,13)/t9-,10-/m0/s1. The molecule has 80 valence electrons. The highest BCUT2D eigenvalue weighted by Crippen LogP contribution is 2.21. The molecule has 1 amide bonds. The van der Waals surface area contributed by atoms with Crippen LogP contribution in [0.3, 0.4) is 0 Å². The molecular formula is C11H13NO3. The Morgan fingerprint density at radius 1 is 1.40 bits per heavy atom. The summed E-state index contributed by atoms with van der Waals surface area (Å²) in [5, 5.41) is 0. The van der Waals surface area contributed by atoms with Gasteiger partial charge in [0.05, 0.1) is 13.2 Å². The number of benzene rings is 1. The molecule has 0 radical (unpaired) electrons. The minimum Gasteiger partial charge on any atom is -0.374 e. The van der Waals surface area contributed by atoms with E-state index in [0.717, 1.165) is 5.56 Å². The number of primary amides is 1. The number of ether oxygens (including phenoxy) is 2. The highest BCUT2D eigenvalue weighted by atomic mass is 16.6. The van der Waals surface area contributed by atoms with Crippen LogP contribution in [0.1, 0.15) is 5.56 Å². The number of rotatable bonds is 5. The molecule has 0 aromatic heterocycles. The molecule has 1 heterocycles. The molecule has 1 fully saturated rings. The smallest absolute Gasteiger partial charge is 0.249 e. The van der Waals surface area contributed by atoms with Crippen molar-refractivity contribution in [2.45, 2.75) is 18.8 Å². The molecule has 4 nitrogen and oxygen atoms in total. The Morgan fingerprint density at radius 2 is 2.13 bits per heavy atom. The van der Waals surface area contributed by atoms with Crippen LogP contribution in [0.15, 0.2) is 30.3 Å². The van der Waals surface area contributed by atoms with Crippen molar-refractivity contribution in [1.82, 2.24) is 0 Å². The number of hydrogen-bond acceptors (Lipinski definition) is 3. The van der Waals surface area contributed by atoms with Gasteiger partial charge in [0.25, 0.3) is 0 Å². The van der Waals surface area contributed by atoms with E-state index in [9.17, 15) is 4.79 Å². The maximum atomic E-state index is 10.6. The van der Waals surface area contributed by atoms with Gasteiger partial charge in [0, 0.05) is 0 Å². The van der Waals surface area contributed by atoms with Crippen LogP contribution in [0.5, 0.6) is 0 Å². The second kappa shape index (κ2) is 4.42. The van der Waals surface area contributed by atoms with Gasteiger partial charge in [0.1, 0.15) is 6.10 Å². The lowest BCUT2D eigenvalue weighted by Gasteiger charge is -2.01. The molecule has 0 spiro atoms. The zero-order valence-electron chi connectivity index (χ0n) is 8.26. The summed E-state index contributed by atoms with van der Waals surface area (Å²) in [7, 11) is 0. The highest BCUT2D eigenvalue weighted by Gasteiger charge is 2.43. The maximum Gasteiger partial charge on any atom is 0.249 e. The molecule has 1 aliphatic rings. The summed E-state index contributed by atoms with van der Waals surface area (Å²) in [6, 6.07) is 9.84. The molecule has 2 N–H and O–H groups in total. The van der Waals surface area contributed by atoms with E-state index in [1.807, 2.05) is 30.3 Å². The van der Waals surface area contributed by atoms with E-state index in [-0.39, 0.29) is 6.10 Å². The second-order valence-corrected chi connectivity index (χ2v) is 3.50. The second-order valence-electron chi connectivity index (χ2n) is 3.50. The molecule has 1 aromatic rings. The molecule has 4 heteroatoms. The van der Waals surface area contributed by atoms with Crippen LogP contribution >= 0.6 is 0 Å². The average Bonchev–Trinajstić information content (AvgIpc) is 2.99. The van der Waals surface area contributed by atoms with Gasteiger partial charge >= 0.3 is 0 Å². The van der Waals surface area contributed by atoms with Crippen molar-refractivity contribution < 1.29 is 14.3 Å². The summed E-state index contributed by atoms with van der Waals surface area (Å²) in [6.07, 6.45) is -0.591. The third kappa shape index (κ3) is 2.78. The van der Waals surface area contributed by atoms with Crippen LogP contribution in [-0.4, -0.2) is 24.7 Å². The number of hydrogen-bond donors (Lipinski definition) is 1. The zero-order valence-corrected chi connectivity index (χ0v) is 8.26. The molecule has 0 saturated carbocycles. The van der Waals surface area contributed by atoms with E-state index in [2.05, 4.69) is 0 Å². The molecule has 1 aromatic carbocycles. The van der Waals surface area contributed by atoms with Crippen molar-refractivity contribution in [3.63, 3.8) is 0 Å². The van der Waals surface area contributed by atoms with Crippen molar-refractivity contribution in [3.05, 3.63) is 35.9 Å². The van der Waals surface area contributed by atoms with Gasteiger partial charge in [-0.05, 0) is 5.56 Å². The van der Waals surface area contributed by atoms with Gasteiger partial charge in [0.2, 0.25) is 5.91 Å². The first-order chi connectivity index (χ1) is 7.27. The molecule has 2 atom stereocenters. The van der Waals surface area contributed by atoms with E-state index in [4.69, 9.17) is 15.2 Å².